The van der Waals surface area contributed by atoms with E-state index in [0.717, 1.165) is 0 Å². The van der Waals surface area contributed by atoms with E-state index < -0.39 is 0 Å². The monoisotopic (exact) mass is 361 g/mol. The average Bonchev–Trinajstić information content (AvgIpc) is 2.60. The molecule has 2 N–H and O–H groups in total. The summed E-state index contributed by atoms with van der Waals surface area (Å²) in [5.41, 5.74) is 0.564. The maximum Gasteiger partial charge on any atom is 0.234 e. The highest BCUT2D eigenvalue weighted by molar-refractivity contribution is 7.80. The van der Waals surface area contributed by atoms with Crippen LogP contribution in [0.1, 0.15) is 19.3 Å². The van der Waals surface area contributed by atoms with Crippen molar-refractivity contribution in [1.29, 1.82) is 0 Å². The molecule has 2 amide bonds. The first kappa shape index (κ1) is 17.5. The summed E-state index contributed by atoms with van der Waals surface area (Å²) in [6.07, 6.45) is 3.46. The number of thiocarbonyl (C=S) groups is 1. The molecule has 3 rings (SSSR count). The Balaban J connectivity index is 1.64. The van der Waals surface area contributed by atoms with E-state index in [2.05, 4.69) is 17.2 Å². The first-order valence-electron chi connectivity index (χ1n) is 8.29. The average molecular weight is 361 g/mol. The molecule has 25 heavy (non-hydrogen) atoms. The molecule has 1 saturated carbocycles. The van der Waals surface area contributed by atoms with Gasteiger partial charge in [-0.3, -0.25) is 14.5 Å². The molecule has 0 radical (unpaired) electrons. The number of nitrogens with zero attached hydrogens (tertiary/aromatic N) is 1. The number of carbonyl (C=O) groups is 2. The van der Waals surface area contributed by atoms with Crippen LogP contribution in [0.15, 0.2) is 36.9 Å². The van der Waals surface area contributed by atoms with Gasteiger partial charge in [-0.15, -0.1) is 6.58 Å². The van der Waals surface area contributed by atoms with Crippen LogP contribution in [-0.2, 0) is 9.59 Å². The lowest BCUT2D eigenvalue weighted by Crippen LogP contribution is -2.61. The van der Waals surface area contributed by atoms with Gasteiger partial charge in [0.15, 0.2) is 5.11 Å². The van der Waals surface area contributed by atoms with Crippen molar-refractivity contribution in [2.75, 3.05) is 11.9 Å². The second-order valence-electron chi connectivity index (χ2n) is 6.41. The molecule has 1 heterocycles. The fourth-order valence-corrected chi connectivity index (χ4v) is 3.80. The summed E-state index contributed by atoms with van der Waals surface area (Å²) in [5, 5.41) is 6.40. The van der Waals surface area contributed by atoms with Gasteiger partial charge in [-0.25, -0.2) is 4.39 Å². The first-order valence-corrected chi connectivity index (χ1v) is 8.69. The summed E-state index contributed by atoms with van der Waals surface area (Å²) in [7, 11) is 0. The van der Waals surface area contributed by atoms with Crippen molar-refractivity contribution in [3.05, 3.63) is 42.7 Å². The molecule has 3 unspecified atom stereocenters. The van der Waals surface area contributed by atoms with E-state index >= 15 is 0 Å². The summed E-state index contributed by atoms with van der Waals surface area (Å²) >= 11 is 5.27. The van der Waals surface area contributed by atoms with Gasteiger partial charge in [0.25, 0.3) is 0 Å². The maximum atomic E-state index is 12.9. The van der Waals surface area contributed by atoms with Crippen molar-refractivity contribution < 1.29 is 14.0 Å². The minimum Gasteiger partial charge on any atom is -0.359 e. The molecule has 3 atom stereocenters. The minimum absolute atomic E-state index is 0.00560. The fourth-order valence-electron chi connectivity index (χ4n) is 3.48. The van der Waals surface area contributed by atoms with Crippen LogP contribution in [-0.4, -0.2) is 34.4 Å². The van der Waals surface area contributed by atoms with Crippen LogP contribution in [0.25, 0.3) is 0 Å². The molecule has 0 bridgehead atoms. The quantitative estimate of drug-likeness (QED) is 0.639. The second kappa shape index (κ2) is 7.31. The highest BCUT2D eigenvalue weighted by atomic mass is 32.1. The van der Waals surface area contributed by atoms with Gasteiger partial charge < -0.3 is 10.6 Å². The molecule has 0 aromatic heterocycles. The van der Waals surface area contributed by atoms with Gasteiger partial charge in [0, 0.05) is 24.2 Å². The SMILES string of the molecule is C=CCN1C(=O)C2CCC(C(=O)Nc3ccc(F)cc3)CC2NC1=S. The number of hydrogen-bond donors (Lipinski definition) is 2. The van der Waals surface area contributed by atoms with Gasteiger partial charge in [-0.1, -0.05) is 6.08 Å². The van der Waals surface area contributed by atoms with E-state index in [1.807, 2.05) is 0 Å². The Morgan fingerprint density at radius 3 is 2.80 bits per heavy atom. The number of hydrogen-bond acceptors (Lipinski definition) is 3. The molecule has 132 valence electrons. The van der Waals surface area contributed by atoms with Crippen LogP contribution in [0.3, 0.4) is 0 Å². The third kappa shape index (κ3) is 3.71. The molecule has 1 saturated heterocycles. The number of nitrogens with one attached hydrogen (secondary N) is 2. The fraction of sp³-hybridized carbons (Fsp3) is 0.389. The van der Waals surface area contributed by atoms with E-state index in [-0.39, 0.29) is 35.5 Å². The Kier molecular flexibility index (Phi) is 5.13. The third-order valence-electron chi connectivity index (χ3n) is 4.78. The number of rotatable bonds is 4. The predicted octanol–water partition coefficient (Wildman–Crippen LogP) is 2.45. The van der Waals surface area contributed by atoms with Crippen molar-refractivity contribution in [2.24, 2.45) is 11.8 Å². The van der Waals surface area contributed by atoms with E-state index in [1.54, 1.807) is 6.08 Å². The number of amides is 2. The number of benzene rings is 1. The lowest BCUT2D eigenvalue weighted by Gasteiger charge is -2.43. The molecule has 1 aliphatic heterocycles. The molecular weight excluding hydrogens is 341 g/mol. The molecule has 5 nitrogen and oxygen atoms in total. The first-order chi connectivity index (χ1) is 12.0. The molecule has 7 heteroatoms. The number of carbonyl (C=O) groups excluding carboxylic acids is 2. The third-order valence-corrected chi connectivity index (χ3v) is 5.12. The lowest BCUT2D eigenvalue weighted by molar-refractivity contribution is -0.136. The highest BCUT2D eigenvalue weighted by Crippen LogP contribution is 2.33. The van der Waals surface area contributed by atoms with Crippen LogP contribution in [0.2, 0.25) is 0 Å². The van der Waals surface area contributed by atoms with Gasteiger partial charge in [0.1, 0.15) is 5.82 Å². The molecule has 1 aliphatic carbocycles. The minimum atomic E-state index is -0.346. The second-order valence-corrected chi connectivity index (χ2v) is 6.79. The Bertz CT molecular complexity index is 707. The molecule has 2 fully saturated rings. The number of fused-ring (bicyclic) bond motifs is 1. The Labute approximate surface area is 151 Å². The van der Waals surface area contributed by atoms with Crippen LogP contribution in [0.5, 0.6) is 0 Å². The van der Waals surface area contributed by atoms with Crippen molar-refractivity contribution >= 4 is 34.8 Å². The Morgan fingerprint density at radius 1 is 1.40 bits per heavy atom. The van der Waals surface area contributed by atoms with Crippen LogP contribution >= 0.6 is 12.2 Å². The van der Waals surface area contributed by atoms with E-state index in [9.17, 15) is 14.0 Å². The summed E-state index contributed by atoms with van der Waals surface area (Å²) < 4.78 is 12.9. The molecule has 2 aliphatic rings. The zero-order valence-electron chi connectivity index (χ0n) is 13.7. The largest absolute Gasteiger partial charge is 0.359 e. The zero-order chi connectivity index (χ0) is 18.0. The molecule has 1 aromatic carbocycles. The topological polar surface area (TPSA) is 61.4 Å². The summed E-state index contributed by atoms with van der Waals surface area (Å²) in [6, 6.07) is 5.55. The van der Waals surface area contributed by atoms with Crippen molar-refractivity contribution in [3.63, 3.8) is 0 Å². The van der Waals surface area contributed by atoms with Crippen LogP contribution in [0.4, 0.5) is 10.1 Å². The molecule has 1 aromatic rings. The van der Waals surface area contributed by atoms with Gasteiger partial charge in [-0.05, 0) is 55.7 Å². The summed E-state index contributed by atoms with van der Waals surface area (Å²) in [4.78, 5) is 26.6. The number of anilines is 1. The highest BCUT2D eigenvalue weighted by Gasteiger charge is 2.43. The van der Waals surface area contributed by atoms with Crippen molar-refractivity contribution in [1.82, 2.24) is 10.2 Å². The Hall–Kier alpha value is -2.28. The van der Waals surface area contributed by atoms with Gasteiger partial charge in [-0.2, -0.15) is 0 Å². The molecule has 0 spiro atoms. The summed E-state index contributed by atoms with van der Waals surface area (Å²) in [6.45, 7) is 4.04. The van der Waals surface area contributed by atoms with Crippen LogP contribution in [0, 0.1) is 17.7 Å². The van der Waals surface area contributed by atoms with Gasteiger partial charge in [0.05, 0.1) is 5.92 Å². The van der Waals surface area contributed by atoms with E-state index in [0.29, 0.717) is 36.6 Å². The van der Waals surface area contributed by atoms with Gasteiger partial charge >= 0.3 is 0 Å². The summed E-state index contributed by atoms with van der Waals surface area (Å²) in [5.74, 6) is -0.826. The Morgan fingerprint density at radius 2 is 2.12 bits per heavy atom. The standard InChI is InChI=1S/C18H20FN3O2S/c1-2-9-22-17(24)14-8-3-11(10-15(14)21-18(22)25)16(23)20-13-6-4-12(19)5-7-13/h2,4-7,11,14-15H,1,3,8-10H2,(H,20,23)(H,21,25). The van der Waals surface area contributed by atoms with Gasteiger partial charge in [0.2, 0.25) is 11.8 Å². The lowest BCUT2D eigenvalue weighted by atomic mass is 9.76. The normalized spacial score (nSPS) is 25.8. The maximum absolute atomic E-state index is 12.9. The van der Waals surface area contributed by atoms with Crippen molar-refractivity contribution in [2.45, 2.75) is 25.3 Å². The van der Waals surface area contributed by atoms with Crippen molar-refractivity contribution in [3.8, 4) is 0 Å². The smallest absolute Gasteiger partial charge is 0.234 e. The van der Waals surface area contributed by atoms with E-state index in [4.69, 9.17) is 12.2 Å². The molecular formula is C18H20FN3O2S. The van der Waals surface area contributed by atoms with E-state index in [1.165, 1.54) is 29.2 Å². The van der Waals surface area contributed by atoms with Crippen LogP contribution < -0.4 is 10.6 Å². The predicted molar refractivity (Wildman–Crippen MR) is 97.3 cm³/mol. The zero-order valence-corrected chi connectivity index (χ0v) is 14.5. The number of halogens is 1.